The van der Waals surface area contributed by atoms with Crippen molar-refractivity contribution in [2.45, 2.75) is 13.5 Å². The van der Waals surface area contributed by atoms with Crippen molar-refractivity contribution in [1.29, 1.82) is 0 Å². The Hall–Kier alpha value is -2.35. The standard InChI is InChI=1S/C17H16N2/c1-13-6-2-3-7-15(13)12-19-16-10-4-8-14-9-5-11-18-17(14)16/h2-11,19H,12H2,1H3. The maximum atomic E-state index is 4.45. The lowest BCUT2D eigenvalue weighted by Crippen LogP contribution is -2.02. The second-order valence-corrected chi connectivity index (χ2v) is 4.66. The predicted molar refractivity (Wildman–Crippen MR) is 80.2 cm³/mol. The van der Waals surface area contributed by atoms with Crippen molar-refractivity contribution < 1.29 is 0 Å². The molecule has 0 atom stereocenters. The summed E-state index contributed by atoms with van der Waals surface area (Å²) in [5.41, 5.74) is 4.73. The summed E-state index contributed by atoms with van der Waals surface area (Å²) in [7, 11) is 0. The fourth-order valence-corrected chi connectivity index (χ4v) is 2.25. The summed E-state index contributed by atoms with van der Waals surface area (Å²) in [4.78, 5) is 4.45. The Bertz CT molecular complexity index is 699. The molecule has 0 fully saturated rings. The molecule has 2 heteroatoms. The summed E-state index contributed by atoms with van der Waals surface area (Å²) in [5, 5.41) is 4.65. The fraction of sp³-hybridized carbons (Fsp3) is 0.118. The normalized spacial score (nSPS) is 10.6. The molecule has 0 unspecified atom stereocenters. The van der Waals surface area contributed by atoms with Crippen LogP contribution in [0.25, 0.3) is 10.9 Å². The van der Waals surface area contributed by atoms with Crippen molar-refractivity contribution >= 4 is 16.6 Å². The van der Waals surface area contributed by atoms with Crippen LogP contribution < -0.4 is 5.32 Å². The van der Waals surface area contributed by atoms with E-state index in [0.29, 0.717) is 0 Å². The molecule has 0 amide bonds. The van der Waals surface area contributed by atoms with Gasteiger partial charge in [-0.25, -0.2) is 0 Å². The van der Waals surface area contributed by atoms with Crippen molar-refractivity contribution in [2.75, 3.05) is 5.32 Å². The van der Waals surface area contributed by atoms with E-state index in [1.165, 1.54) is 11.1 Å². The van der Waals surface area contributed by atoms with E-state index in [0.717, 1.165) is 23.1 Å². The van der Waals surface area contributed by atoms with E-state index in [-0.39, 0.29) is 0 Å². The largest absolute Gasteiger partial charge is 0.379 e. The lowest BCUT2D eigenvalue weighted by atomic mass is 10.1. The van der Waals surface area contributed by atoms with Crippen molar-refractivity contribution in [3.05, 3.63) is 71.9 Å². The molecule has 2 aromatic carbocycles. The number of pyridine rings is 1. The van der Waals surface area contributed by atoms with Gasteiger partial charge in [0.05, 0.1) is 11.2 Å². The molecule has 3 aromatic rings. The van der Waals surface area contributed by atoms with Gasteiger partial charge in [-0.1, -0.05) is 42.5 Å². The average Bonchev–Trinajstić information content (AvgIpc) is 2.46. The first-order valence-electron chi connectivity index (χ1n) is 6.47. The van der Waals surface area contributed by atoms with Crippen molar-refractivity contribution in [3.8, 4) is 0 Å². The van der Waals surface area contributed by atoms with Crippen molar-refractivity contribution in [3.63, 3.8) is 0 Å². The van der Waals surface area contributed by atoms with Crippen LogP contribution >= 0.6 is 0 Å². The monoisotopic (exact) mass is 248 g/mol. The number of rotatable bonds is 3. The summed E-state index contributed by atoms with van der Waals surface area (Å²) >= 11 is 0. The number of para-hydroxylation sites is 1. The first kappa shape index (κ1) is 11.7. The van der Waals surface area contributed by atoms with Gasteiger partial charge in [0.25, 0.3) is 0 Å². The molecular formula is C17H16N2. The lowest BCUT2D eigenvalue weighted by Gasteiger charge is -2.10. The van der Waals surface area contributed by atoms with E-state index in [4.69, 9.17) is 0 Å². The number of benzene rings is 2. The maximum absolute atomic E-state index is 4.45. The Labute approximate surface area is 113 Å². The molecule has 0 saturated carbocycles. The van der Waals surface area contributed by atoms with E-state index in [9.17, 15) is 0 Å². The Morgan fingerprint density at radius 2 is 1.79 bits per heavy atom. The number of fused-ring (bicyclic) bond motifs is 1. The molecule has 94 valence electrons. The van der Waals surface area contributed by atoms with Crippen LogP contribution in [0.15, 0.2) is 60.8 Å². The van der Waals surface area contributed by atoms with Gasteiger partial charge < -0.3 is 5.32 Å². The molecule has 1 N–H and O–H groups in total. The summed E-state index contributed by atoms with van der Waals surface area (Å²) in [6.45, 7) is 2.96. The summed E-state index contributed by atoms with van der Waals surface area (Å²) in [6.07, 6.45) is 1.83. The number of aromatic nitrogens is 1. The number of anilines is 1. The first-order chi connectivity index (χ1) is 9.34. The highest BCUT2D eigenvalue weighted by Crippen LogP contribution is 2.21. The van der Waals surface area contributed by atoms with Crippen LogP contribution in [0, 0.1) is 6.92 Å². The smallest absolute Gasteiger partial charge is 0.0933 e. The minimum atomic E-state index is 0.822. The topological polar surface area (TPSA) is 24.9 Å². The molecule has 1 heterocycles. The van der Waals surface area contributed by atoms with Gasteiger partial charge in [-0.2, -0.15) is 0 Å². The minimum absolute atomic E-state index is 0.822. The van der Waals surface area contributed by atoms with E-state index in [1.54, 1.807) is 0 Å². The first-order valence-corrected chi connectivity index (χ1v) is 6.47. The quantitative estimate of drug-likeness (QED) is 0.753. The second kappa shape index (κ2) is 5.11. The predicted octanol–water partition coefficient (Wildman–Crippen LogP) is 4.16. The molecule has 0 aliphatic rings. The van der Waals surface area contributed by atoms with Gasteiger partial charge in [0.15, 0.2) is 0 Å². The third kappa shape index (κ3) is 2.43. The molecule has 3 rings (SSSR count). The number of aryl methyl sites for hydroxylation is 1. The van der Waals surface area contributed by atoms with Crippen LogP contribution in [0.4, 0.5) is 5.69 Å². The molecule has 0 saturated heterocycles. The highest BCUT2D eigenvalue weighted by molar-refractivity contribution is 5.90. The molecular weight excluding hydrogens is 232 g/mol. The SMILES string of the molecule is Cc1ccccc1CNc1cccc2cccnc12. The van der Waals surface area contributed by atoms with Gasteiger partial charge in [0.2, 0.25) is 0 Å². The van der Waals surface area contributed by atoms with E-state index < -0.39 is 0 Å². The zero-order valence-corrected chi connectivity index (χ0v) is 10.9. The van der Waals surface area contributed by atoms with E-state index in [2.05, 4.69) is 65.8 Å². The zero-order chi connectivity index (χ0) is 13.1. The van der Waals surface area contributed by atoms with E-state index >= 15 is 0 Å². The third-order valence-corrected chi connectivity index (χ3v) is 3.36. The third-order valence-electron chi connectivity index (χ3n) is 3.36. The van der Waals surface area contributed by atoms with Gasteiger partial charge in [0.1, 0.15) is 0 Å². The minimum Gasteiger partial charge on any atom is -0.379 e. The fourth-order valence-electron chi connectivity index (χ4n) is 2.25. The molecule has 0 spiro atoms. The molecule has 1 aromatic heterocycles. The molecule has 0 radical (unpaired) electrons. The van der Waals surface area contributed by atoms with Crippen LogP contribution in [-0.2, 0) is 6.54 Å². The zero-order valence-electron chi connectivity index (χ0n) is 10.9. The van der Waals surface area contributed by atoms with Crippen LogP contribution in [0.3, 0.4) is 0 Å². The number of hydrogen-bond donors (Lipinski definition) is 1. The Morgan fingerprint density at radius 1 is 0.947 bits per heavy atom. The van der Waals surface area contributed by atoms with E-state index in [1.807, 2.05) is 12.3 Å². The van der Waals surface area contributed by atoms with Crippen LogP contribution in [0.1, 0.15) is 11.1 Å². The highest BCUT2D eigenvalue weighted by Gasteiger charge is 2.02. The maximum Gasteiger partial charge on any atom is 0.0933 e. The highest BCUT2D eigenvalue weighted by atomic mass is 14.9. The van der Waals surface area contributed by atoms with Crippen LogP contribution in [0.5, 0.6) is 0 Å². The average molecular weight is 248 g/mol. The van der Waals surface area contributed by atoms with Gasteiger partial charge in [0, 0.05) is 18.1 Å². The van der Waals surface area contributed by atoms with Crippen LogP contribution in [0.2, 0.25) is 0 Å². The molecule has 19 heavy (non-hydrogen) atoms. The van der Waals surface area contributed by atoms with Crippen molar-refractivity contribution in [1.82, 2.24) is 4.98 Å². The van der Waals surface area contributed by atoms with Gasteiger partial charge >= 0.3 is 0 Å². The summed E-state index contributed by atoms with van der Waals surface area (Å²) in [5.74, 6) is 0. The van der Waals surface area contributed by atoms with Crippen molar-refractivity contribution in [2.24, 2.45) is 0 Å². The molecule has 0 aliphatic heterocycles. The van der Waals surface area contributed by atoms with Gasteiger partial charge in [-0.3, -0.25) is 4.98 Å². The number of nitrogens with zero attached hydrogens (tertiary/aromatic N) is 1. The van der Waals surface area contributed by atoms with Crippen LogP contribution in [-0.4, -0.2) is 4.98 Å². The summed E-state index contributed by atoms with van der Waals surface area (Å²) in [6, 6.07) is 18.7. The van der Waals surface area contributed by atoms with Gasteiger partial charge in [-0.05, 0) is 30.2 Å². The Kier molecular flexibility index (Phi) is 3.15. The second-order valence-electron chi connectivity index (χ2n) is 4.66. The molecule has 2 nitrogen and oxygen atoms in total. The molecule has 0 bridgehead atoms. The molecule has 0 aliphatic carbocycles. The lowest BCUT2D eigenvalue weighted by molar-refractivity contribution is 1.12. The van der Waals surface area contributed by atoms with Gasteiger partial charge in [-0.15, -0.1) is 0 Å². The Morgan fingerprint density at radius 3 is 2.68 bits per heavy atom. The Balaban J connectivity index is 1.88. The number of nitrogens with one attached hydrogen (secondary N) is 1. The summed E-state index contributed by atoms with van der Waals surface area (Å²) < 4.78 is 0. The number of hydrogen-bond acceptors (Lipinski definition) is 2.